The van der Waals surface area contributed by atoms with Crippen LogP contribution in [0.5, 0.6) is 0 Å². The number of fused-ring (bicyclic) bond motifs is 1. The zero-order valence-corrected chi connectivity index (χ0v) is 14.5. The number of hydrogen-bond donors (Lipinski definition) is 1. The molecule has 26 heavy (non-hydrogen) atoms. The van der Waals surface area contributed by atoms with Crippen LogP contribution in [0.4, 0.5) is 10.5 Å². The maximum Gasteiger partial charge on any atom is 0.317 e. The molecule has 1 aliphatic heterocycles. The molecule has 2 amide bonds. The fourth-order valence-electron chi connectivity index (χ4n) is 3.29. The summed E-state index contributed by atoms with van der Waals surface area (Å²) in [6.45, 7) is 3.50. The highest BCUT2D eigenvalue weighted by Crippen LogP contribution is 2.25. The van der Waals surface area contributed by atoms with Crippen LogP contribution in [0.1, 0.15) is 5.56 Å². The first-order chi connectivity index (χ1) is 12.8. The Hall–Kier alpha value is -3.15. The van der Waals surface area contributed by atoms with E-state index in [9.17, 15) is 4.79 Å². The van der Waals surface area contributed by atoms with Gasteiger partial charge in [0, 0.05) is 56.7 Å². The Morgan fingerprint density at radius 3 is 2.62 bits per heavy atom. The molecule has 6 nitrogen and oxygen atoms in total. The van der Waals surface area contributed by atoms with Crippen molar-refractivity contribution < 1.29 is 4.79 Å². The summed E-state index contributed by atoms with van der Waals surface area (Å²) in [6, 6.07) is 14.1. The van der Waals surface area contributed by atoms with Crippen LogP contribution in [0.2, 0.25) is 0 Å². The van der Waals surface area contributed by atoms with Crippen LogP contribution in [0.3, 0.4) is 0 Å². The topological polar surface area (TPSA) is 61.4 Å². The lowest BCUT2D eigenvalue weighted by Crippen LogP contribution is -2.51. The third-order valence-corrected chi connectivity index (χ3v) is 4.69. The van der Waals surface area contributed by atoms with Crippen molar-refractivity contribution in [3.05, 3.63) is 66.6 Å². The Balaban J connectivity index is 1.37. The zero-order valence-electron chi connectivity index (χ0n) is 14.5. The number of hydrogen-bond acceptors (Lipinski definition) is 4. The number of nitrogens with zero attached hydrogens (tertiary/aromatic N) is 4. The van der Waals surface area contributed by atoms with E-state index in [1.54, 1.807) is 12.4 Å². The third kappa shape index (κ3) is 3.44. The number of nitrogens with one attached hydrogen (secondary N) is 1. The number of carbonyl (C=O) groups is 1. The SMILES string of the molecule is O=C(NCc1cccnc1)N1CCN(c2cccc3cccnc23)CC1. The van der Waals surface area contributed by atoms with Crippen molar-refractivity contribution in [2.75, 3.05) is 31.1 Å². The normalized spacial score (nSPS) is 14.5. The summed E-state index contributed by atoms with van der Waals surface area (Å²) >= 11 is 0. The maximum absolute atomic E-state index is 12.4. The van der Waals surface area contributed by atoms with Gasteiger partial charge in [-0.2, -0.15) is 0 Å². The molecule has 0 spiro atoms. The number of benzene rings is 1. The molecule has 0 saturated carbocycles. The van der Waals surface area contributed by atoms with Gasteiger partial charge in [-0.1, -0.05) is 24.3 Å². The molecule has 132 valence electrons. The Kier molecular flexibility index (Phi) is 4.64. The smallest absolute Gasteiger partial charge is 0.317 e. The van der Waals surface area contributed by atoms with Gasteiger partial charge in [0.2, 0.25) is 0 Å². The van der Waals surface area contributed by atoms with Crippen molar-refractivity contribution in [2.24, 2.45) is 0 Å². The Labute approximate surface area is 152 Å². The molecule has 1 fully saturated rings. The lowest BCUT2D eigenvalue weighted by molar-refractivity contribution is 0.194. The molecule has 3 heterocycles. The van der Waals surface area contributed by atoms with Crippen molar-refractivity contribution in [2.45, 2.75) is 6.54 Å². The standard InChI is InChI=1S/C20H21N5O/c26-20(23-15-16-4-2-8-21-14-16)25-12-10-24(11-13-25)18-7-1-5-17-6-3-9-22-19(17)18/h1-9,14H,10-13,15H2,(H,23,26). The van der Waals surface area contributed by atoms with E-state index < -0.39 is 0 Å². The highest BCUT2D eigenvalue weighted by molar-refractivity contribution is 5.90. The molecule has 0 atom stereocenters. The van der Waals surface area contributed by atoms with Crippen LogP contribution < -0.4 is 10.2 Å². The summed E-state index contributed by atoms with van der Waals surface area (Å²) < 4.78 is 0. The average Bonchev–Trinajstić information content (AvgIpc) is 2.72. The van der Waals surface area contributed by atoms with E-state index in [1.165, 1.54) is 0 Å². The van der Waals surface area contributed by atoms with E-state index in [2.05, 4.69) is 44.5 Å². The monoisotopic (exact) mass is 347 g/mol. The molecule has 0 unspecified atom stereocenters. The van der Waals surface area contributed by atoms with Gasteiger partial charge in [0.05, 0.1) is 11.2 Å². The minimum absolute atomic E-state index is 0.0236. The quantitative estimate of drug-likeness (QED) is 0.791. The molecule has 0 bridgehead atoms. The molecule has 1 N–H and O–H groups in total. The van der Waals surface area contributed by atoms with Crippen molar-refractivity contribution in [1.82, 2.24) is 20.2 Å². The molecule has 3 aromatic rings. The van der Waals surface area contributed by atoms with Gasteiger partial charge >= 0.3 is 6.03 Å². The summed E-state index contributed by atoms with van der Waals surface area (Å²) in [4.78, 5) is 25.2. The molecular weight excluding hydrogens is 326 g/mol. The van der Waals surface area contributed by atoms with Gasteiger partial charge in [-0.05, 0) is 23.8 Å². The molecule has 1 aromatic carbocycles. The number of piperazine rings is 1. The van der Waals surface area contributed by atoms with E-state index in [-0.39, 0.29) is 6.03 Å². The van der Waals surface area contributed by atoms with E-state index in [1.807, 2.05) is 29.3 Å². The minimum Gasteiger partial charge on any atom is -0.366 e. The van der Waals surface area contributed by atoms with Crippen molar-refractivity contribution >= 4 is 22.6 Å². The second-order valence-electron chi connectivity index (χ2n) is 6.35. The summed E-state index contributed by atoms with van der Waals surface area (Å²) in [5.41, 5.74) is 3.16. The number of para-hydroxylation sites is 1. The summed E-state index contributed by atoms with van der Waals surface area (Å²) in [5.74, 6) is 0. The molecule has 1 saturated heterocycles. The number of rotatable bonds is 3. The largest absolute Gasteiger partial charge is 0.366 e. The highest BCUT2D eigenvalue weighted by Gasteiger charge is 2.22. The minimum atomic E-state index is -0.0236. The van der Waals surface area contributed by atoms with Gasteiger partial charge in [-0.15, -0.1) is 0 Å². The van der Waals surface area contributed by atoms with Gasteiger partial charge in [0.1, 0.15) is 0 Å². The Morgan fingerprint density at radius 2 is 1.81 bits per heavy atom. The van der Waals surface area contributed by atoms with Crippen LogP contribution >= 0.6 is 0 Å². The van der Waals surface area contributed by atoms with Gasteiger partial charge in [0.25, 0.3) is 0 Å². The number of anilines is 1. The van der Waals surface area contributed by atoms with Crippen molar-refractivity contribution in [3.8, 4) is 0 Å². The Morgan fingerprint density at radius 1 is 1.00 bits per heavy atom. The summed E-state index contributed by atoms with van der Waals surface area (Å²) in [5, 5.41) is 4.11. The van der Waals surface area contributed by atoms with E-state index in [0.29, 0.717) is 19.6 Å². The van der Waals surface area contributed by atoms with Crippen LogP contribution in [-0.2, 0) is 6.54 Å². The maximum atomic E-state index is 12.4. The second-order valence-corrected chi connectivity index (χ2v) is 6.35. The van der Waals surface area contributed by atoms with Crippen molar-refractivity contribution in [3.63, 3.8) is 0 Å². The summed E-state index contributed by atoms with van der Waals surface area (Å²) in [6.07, 6.45) is 5.33. The van der Waals surface area contributed by atoms with Gasteiger partial charge < -0.3 is 15.1 Å². The molecule has 0 aliphatic carbocycles. The second kappa shape index (κ2) is 7.39. The molecule has 6 heteroatoms. The fraction of sp³-hybridized carbons (Fsp3) is 0.250. The predicted octanol–water partition coefficient (Wildman–Crippen LogP) is 2.66. The first-order valence-corrected chi connectivity index (χ1v) is 8.81. The molecule has 2 aromatic heterocycles. The zero-order chi connectivity index (χ0) is 17.8. The third-order valence-electron chi connectivity index (χ3n) is 4.69. The highest BCUT2D eigenvalue weighted by atomic mass is 16.2. The van der Waals surface area contributed by atoms with E-state index in [0.717, 1.165) is 35.2 Å². The van der Waals surface area contributed by atoms with Crippen LogP contribution in [0.15, 0.2) is 61.1 Å². The van der Waals surface area contributed by atoms with Gasteiger partial charge in [-0.25, -0.2) is 4.79 Å². The first-order valence-electron chi connectivity index (χ1n) is 8.81. The number of aromatic nitrogens is 2. The lowest BCUT2D eigenvalue weighted by Gasteiger charge is -2.36. The number of carbonyl (C=O) groups excluding carboxylic acids is 1. The van der Waals surface area contributed by atoms with E-state index >= 15 is 0 Å². The van der Waals surface area contributed by atoms with Crippen molar-refractivity contribution in [1.29, 1.82) is 0 Å². The molecule has 4 rings (SSSR count). The number of urea groups is 1. The first kappa shape index (κ1) is 16.3. The number of amides is 2. The van der Waals surface area contributed by atoms with Gasteiger partial charge in [-0.3, -0.25) is 9.97 Å². The van der Waals surface area contributed by atoms with Crippen LogP contribution in [-0.4, -0.2) is 47.1 Å². The molecule has 1 aliphatic rings. The Bertz CT molecular complexity index is 886. The fourth-order valence-corrected chi connectivity index (χ4v) is 3.29. The number of pyridine rings is 2. The van der Waals surface area contributed by atoms with E-state index in [4.69, 9.17) is 0 Å². The molecule has 0 radical (unpaired) electrons. The van der Waals surface area contributed by atoms with Gasteiger partial charge in [0.15, 0.2) is 0 Å². The summed E-state index contributed by atoms with van der Waals surface area (Å²) in [7, 11) is 0. The predicted molar refractivity (Wildman–Crippen MR) is 102 cm³/mol. The average molecular weight is 347 g/mol. The lowest BCUT2D eigenvalue weighted by atomic mass is 10.1. The van der Waals surface area contributed by atoms with Crippen LogP contribution in [0.25, 0.3) is 10.9 Å². The van der Waals surface area contributed by atoms with Crippen LogP contribution in [0, 0.1) is 0 Å². The molecular formula is C20H21N5O.